The minimum absolute atomic E-state index is 0.148. The summed E-state index contributed by atoms with van der Waals surface area (Å²) in [4.78, 5) is 20.2. The molecule has 1 aromatic heterocycles. The van der Waals surface area contributed by atoms with E-state index in [9.17, 15) is 4.79 Å². The van der Waals surface area contributed by atoms with E-state index in [1.807, 2.05) is 6.07 Å². The zero-order valence-corrected chi connectivity index (χ0v) is 22.2. The molecule has 0 aliphatic heterocycles. The largest absolute Gasteiger partial charge is 0.363 e. The van der Waals surface area contributed by atoms with Crippen molar-refractivity contribution in [3.63, 3.8) is 0 Å². The molecular weight excluding hydrogens is 474 g/mol. The number of unbranched alkanes of at least 4 members (excludes halogenated alkanes) is 3. The van der Waals surface area contributed by atoms with Crippen molar-refractivity contribution in [3.05, 3.63) is 88.9 Å². The fourth-order valence-electron chi connectivity index (χ4n) is 4.86. The van der Waals surface area contributed by atoms with Gasteiger partial charge in [0.2, 0.25) is 5.91 Å². The van der Waals surface area contributed by atoms with Crippen molar-refractivity contribution in [2.24, 2.45) is 0 Å². The van der Waals surface area contributed by atoms with Crippen molar-refractivity contribution in [2.75, 3.05) is 11.9 Å². The van der Waals surface area contributed by atoms with E-state index in [-0.39, 0.29) is 11.9 Å². The Bertz CT molecular complexity index is 1190. The molecule has 0 bridgehead atoms. The van der Waals surface area contributed by atoms with Crippen LogP contribution in [0.25, 0.3) is 11.6 Å². The van der Waals surface area contributed by atoms with Crippen molar-refractivity contribution in [2.45, 2.75) is 70.9 Å². The summed E-state index contributed by atoms with van der Waals surface area (Å²) in [6, 6.07) is 19.5. The standard InChI is InChI=1S/C31H39N5O2/c1-23(25-10-5-4-6-11-25)35-31-28-20-27(12-9-13-29(28)33-22-34-31)26-17-15-24(16-18-26)21-32-19-8-3-2-7-14-30(37)36-38/h4-6,10-11,15-18,20,22-23,32,38H,2-3,7-9,12-14,19,21H2,1H3,(H,36,37)(H,33,34,35)/t23-/m1/s1. The predicted octanol–water partition coefficient (Wildman–Crippen LogP) is 6.07. The van der Waals surface area contributed by atoms with Gasteiger partial charge in [-0.2, -0.15) is 0 Å². The lowest BCUT2D eigenvalue weighted by atomic mass is 9.99. The molecule has 1 aliphatic carbocycles. The average Bonchev–Trinajstić information content (AvgIpc) is 3.18. The molecule has 200 valence electrons. The number of anilines is 1. The van der Waals surface area contributed by atoms with E-state index < -0.39 is 0 Å². The Labute approximate surface area is 225 Å². The Morgan fingerprint density at radius 2 is 1.76 bits per heavy atom. The lowest BCUT2D eigenvalue weighted by Crippen LogP contribution is -2.17. The highest BCUT2D eigenvalue weighted by molar-refractivity contribution is 5.86. The van der Waals surface area contributed by atoms with E-state index >= 15 is 0 Å². The lowest BCUT2D eigenvalue weighted by Gasteiger charge is -2.17. The Balaban J connectivity index is 1.33. The fraction of sp³-hybridized carbons (Fsp3) is 0.387. The minimum atomic E-state index is -0.307. The van der Waals surface area contributed by atoms with Gasteiger partial charge in [-0.3, -0.25) is 10.0 Å². The third-order valence-electron chi connectivity index (χ3n) is 7.08. The van der Waals surface area contributed by atoms with Crippen molar-refractivity contribution in [1.29, 1.82) is 0 Å². The van der Waals surface area contributed by atoms with Crippen LogP contribution in [-0.2, 0) is 17.8 Å². The Hall–Kier alpha value is -3.55. The van der Waals surface area contributed by atoms with Gasteiger partial charge < -0.3 is 10.6 Å². The molecule has 1 atom stereocenters. The lowest BCUT2D eigenvalue weighted by molar-refractivity contribution is -0.129. The summed E-state index contributed by atoms with van der Waals surface area (Å²) in [6.07, 6.45) is 11.3. The van der Waals surface area contributed by atoms with Crippen molar-refractivity contribution >= 4 is 23.4 Å². The molecule has 2 aromatic carbocycles. The molecule has 0 saturated carbocycles. The first-order valence-corrected chi connectivity index (χ1v) is 13.7. The average molecular weight is 514 g/mol. The molecule has 0 unspecified atom stereocenters. The van der Waals surface area contributed by atoms with E-state index in [1.165, 1.54) is 22.3 Å². The number of aryl methyl sites for hydroxylation is 1. The first kappa shape index (κ1) is 27.5. The van der Waals surface area contributed by atoms with E-state index in [1.54, 1.807) is 11.8 Å². The normalized spacial score (nSPS) is 13.7. The molecule has 7 heteroatoms. The van der Waals surface area contributed by atoms with Gasteiger partial charge >= 0.3 is 0 Å². The first-order valence-electron chi connectivity index (χ1n) is 13.7. The van der Waals surface area contributed by atoms with Crippen LogP contribution in [-0.4, -0.2) is 27.6 Å². The van der Waals surface area contributed by atoms with Crippen LogP contribution in [0.5, 0.6) is 0 Å². The molecule has 1 amide bonds. The topological polar surface area (TPSA) is 99.2 Å². The molecule has 3 aromatic rings. The third-order valence-corrected chi connectivity index (χ3v) is 7.08. The molecule has 4 rings (SSSR count). The van der Waals surface area contributed by atoms with Gasteiger partial charge in [-0.1, -0.05) is 67.4 Å². The summed E-state index contributed by atoms with van der Waals surface area (Å²) in [5.41, 5.74) is 8.96. The zero-order valence-electron chi connectivity index (χ0n) is 22.2. The highest BCUT2D eigenvalue weighted by atomic mass is 16.5. The smallest absolute Gasteiger partial charge is 0.243 e. The van der Waals surface area contributed by atoms with E-state index in [4.69, 9.17) is 5.21 Å². The van der Waals surface area contributed by atoms with Crippen LogP contribution in [0.1, 0.15) is 85.9 Å². The molecule has 4 N–H and O–H groups in total. The zero-order chi connectivity index (χ0) is 26.6. The molecular formula is C31H39N5O2. The van der Waals surface area contributed by atoms with Crippen LogP contribution >= 0.6 is 0 Å². The molecule has 0 radical (unpaired) electrons. The summed E-state index contributed by atoms with van der Waals surface area (Å²) in [5.74, 6) is 0.585. The second-order valence-electron chi connectivity index (χ2n) is 9.96. The van der Waals surface area contributed by atoms with Crippen molar-refractivity contribution in [1.82, 2.24) is 20.8 Å². The SMILES string of the molecule is C[C@@H](Nc1ncnc2c1C=C(c1ccc(CNCCCCCCC(=O)NO)cc1)CCC2)c1ccccc1. The van der Waals surface area contributed by atoms with Gasteiger partial charge in [0.15, 0.2) is 0 Å². The highest BCUT2D eigenvalue weighted by Crippen LogP contribution is 2.32. The number of rotatable bonds is 13. The minimum Gasteiger partial charge on any atom is -0.363 e. The number of allylic oxidation sites excluding steroid dienone is 1. The maximum absolute atomic E-state index is 11.0. The number of fused-ring (bicyclic) bond motifs is 1. The highest BCUT2D eigenvalue weighted by Gasteiger charge is 2.17. The summed E-state index contributed by atoms with van der Waals surface area (Å²) < 4.78 is 0. The number of aromatic nitrogens is 2. The van der Waals surface area contributed by atoms with E-state index in [0.29, 0.717) is 6.42 Å². The van der Waals surface area contributed by atoms with Gasteiger partial charge in [0.1, 0.15) is 12.1 Å². The molecule has 1 aliphatic rings. The number of hydrogen-bond donors (Lipinski definition) is 4. The van der Waals surface area contributed by atoms with Gasteiger partial charge in [0, 0.05) is 24.6 Å². The summed E-state index contributed by atoms with van der Waals surface area (Å²) >= 11 is 0. The molecule has 0 saturated heterocycles. The summed E-state index contributed by atoms with van der Waals surface area (Å²) in [5, 5.41) is 15.6. The monoisotopic (exact) mass is 513 g/mol. The number of nitrogens with zero attached hydrogens (tertiary/aromatic N) is 2. The first-order chi connectivity index (χ1) is 18.6. The predicted molar refractivity (Wildman–Crippen MR) is 152 cm³/mol. The van der Waals surface area contributed by atoms with Crippen molar-refractivity contribution < 1.29 is 10.0 Å². The quantitative estimate of drug-likeness (QED) is 0.126. The van der Waals surface area contributed by atoms with Crippen LogP contribution in [0.2, 0.25) is 0 Å². The molecule has 0 spiro atoms. The number of carbonyl (C=O) groups is 1. The van der Waals surface area contributed by atoms with E-state index in [2.05, 4.69) is 82.1 Å². The number of carbonyl (C=O) groups excluding carboxylic acids is 1. The van der Waals surface area contributed by atoms with Crippen LogP contribution < -0.4 is 16.1 Å². The number of hydrogen-bond acceptors (Lipinski definition) is 6. The Morgan fingerprint density at radius 1 is 0.974 bits per heavy atom. The van der Waals surface area contributed by atoms with E-state index in [0.717, 1.165) is 75.1 Å². The third kappa shape index (κ3) is 7.97. The Kier molecular flexibility index (Phi) is 10.4. The van der Waals surface area contributed by atoms with Gasteiger partial charge in [-0.05, 0) is 73.9 Å². The number of amides is 1. The molecule has 0 fully saturated rings. The van der Waals surface area contributed by atoms with Gasteiger partial charge in [-0.15, -0.1) is 0 Å². The molecule has 7 nitrogen and oxygen atoms in total. The maximum atomic E-state index is 11.0. The van der Waals surface area contributed by atoms with Gasteiger partial charge in [0.25, 0.3) is 0 Å². The second kappa shape index (κ2) is 14.4. The van der Waals surface area contributed by atoms with Gasteiger partial charge in [-0.25, -0.2) is 15.4 Å². The fourth-order valence-corrected chi connectivity index (χ4v) is 4.86. The molecule has 38 heavy (non-hydrogen) atoms. The van der Waals surface area contributed by atoms with Gasteiger partial charge in [0.05, 0.1) is 5.69 Å². The molecule has 1 heterocycles. The van der Waals surface area contributed by atoms with Crippen LogP contribution in [0.4, 0.5) is 5.82 Å². The second-order valence-corrected chi connectivity index (χ2v) is 9.96. The number of hydroxylamine groups is 1. The van der Waals surface area contributed by atoms with Crippen LogP contribution in [0.3, 0.4) is 0 Å². The maximum Gasteiger partial charge on any atom is 0.243 e. The van der Waals surface area contributed by atoms with Crippen molar-refractivity contribution in [3.8, 4) is 0 Å². The Morgan fingerprint density at radius 3 is 2.55 bits per heavy atom. The summed E-state index contributed by atoms with van der Waals surface area (Å²) in [6.45, 7) is 3.96. The van der Waals surface area contributed by atoms with Crippen LogP contribution in [0, 0.1) is 0 Å². The number of nitrogens with one attached hydrogen (secondary N) is 3. The van der Waals surface area contributed by atoms with Crippen LogP contribution in [0.15, 0.2) is 60.9 Å². The number of benzene rings is 2. The summed E-state index contributed by atoms with van der Waals surface area (Å²) in [7, 11) is 0.